The SMILES string of the molecule is COc1cccc(Nc2c(C=O)cnc3c(C)cc(Sc4cccc(C(=O)Nc5ccc(-c6ccc(CNCC(O)c7ccc(O)c8[nH]c(=O)ccc78)cc6)cc5)c4)cc23)c1. The second-order valence-corrected chi connectivity index (χ2v) is 15.6. The van der Waals surface area contributed by atoms with Crippen LogP contribution >= 0.6 is 11.8 Å². The Morgan fingerprint density at radius 2 is 1.62 bits per heavy atom. The molecule has 304 valence electrons. The van der Waals surface area contributed by atoms with Gasteiger partial charge in [0.1, 0.15) is 11.5 Å². The minimum Gasteiger partial charge on any atom is -0.506 e. The molecular weight excluding hydrogens is 787 g/mol. The lowest BCUT2D eigenvalue weighted by molar-refractivity contribution is 0.102. The number of aromatic hydroxyl groups is 1. The van der Waals surface area contributed by atoms with Crippen LogP contribution in [0.5, 0.6) is 11.5 Å². The molecule has 6 aromatic carbocycles. The van der Waals surface area contributed by atoms with Gasteiger partial charge in [-0.3, -0.25) is 19.4 Å². The highest BCUT2D eigenvalue weighted by Gasteiger charge is 2.16. The lowest BCUT2D eigenvalue weighted by Crippen LogP contribution is -2.21. The quantitative estimate of drug-likeness (QED) is 0.0582. The number of phenols is 1. The van der Waals surface area contributed by atoms with Gasteiger partial charge in [-0.25, -0.2) is 0 Å². The summed E-state index contributed by atoms with van der Waals surface area (Å²) in [6.45, 7) is 2.79. The summed E-state index contributed by atoms with van der Waals surface area (Å²) in [5, 5.41) is 32.1. The molecule has 0 fully saturated rings. The number of anilines is 3. The number of aryl methyl sites for hydroxylation is 1. The van der Waals surface area contributed by atoms with Crippen molar-refractivity contribution in [3.63, 3.8) is 0 Å². The van der Waals surface area contributed by atoms with Crippen LogP contribution in [0, 0.1) is 6.92 Å². The molecule has 0 spiro atoms. The monoisotopic (exact) mass is 827 g/mol. The number of fused-ring (bicyclic) bond motifs is 2. The Bertz CT molecular complexity index is 2970. The third-order valence-electron chi connectivity index (χ3n) is 10.3. The molecule has 0 aliphatic rings. The molecule has 2 heterocycles. The first-order valence-corrected chi connectivity index (χ1v) is 20.3. The van der Waals surface area contributed by atoms with Gasteiger partial charge >= 0.3 is 0 Å². The molecule has 8 rings (SSSR count). The van der Waals surface area contributed by atoms with Crippen molar-refractivity contribution in [1.82, 2.24) is 15.3 Å². The van der Waals surface area contributed by atoms with Gasteiger partial charge in [-0.2, -0.15) is 0 Å². The number of nitrogens with one attached hydrogen (secondary N) is 4. The van der Waals surface area contributed by atoms with Gasteiger partial charge in [-0.05, 0) is 101 Å². The normalized spacial score (nSPS) is 11.7. The van der Waals surface area contributed by atoms with Crippen molar-refractivity contribution >= 4 is 62.8 Å². The van der Waals surface area contributed by atoms with E-state index in [1.165, 1.54) is 23.9 Å². The Hall–Kier alpha value is -7.25. The van der Waals surface area contributed by atoms with Crippen LogP contribution in [0.4, 0.5) is 17.1 Å². The largest absolute Gasteiger partial charge is 0.506 e. The molecule has 61 heavy (non-hydrogen) atoms. The van der Waals surface area contributed by atoms with Crippen molar-refractivity contribution in [3.05, 3.63) is 178 Å². The molecular formula is C49H41N5O6S. The number of aliphatic hydroxyl groups is 1. The maximum Gasteiger partial charge on any atom is 0.255 e. The zero-order chi connectivity index (χ0) is 42.5. The van der Waals surface area contributed by atoms with E-state index in [1.54, 1.807) is 31.5 Å². The molecule has 12 heteroatoms. The van der Waals surface area contributed by atoms with Crippen LogP contribution in [0.25, 0.3) is 32.9 Å². The van der Waals surface area contributed by atoms with E-state index in [0.717, 1.165) is 54.9 Å². The summed E-state index contributed by atoms with van der Waals surface area (Å²) in [5.41, 5.74) is 8.39. The third-order valence-corrected chi connectivity index (χ3v) is 11.3. The van der Waals surface area contributed by atoms with Crippen molar-refractivity contribution in [3.8, 4) is 22.6 Å². The first-order chi connectivity index (χ1) is 29.6. The average molecular weight is 828 g/mol. The number of hydrogen-bond acceptors (Lipinski definition) is 10. The second kappa shape index (κ2) is 17.9. The third kappa shape index (κ3) is 9.17. The Balaban J connectivity index is 0.892. The lowest BCUT2D eigenvalue weighted by atomic mass is 10.0. The highest BCUT2D eigenvalue weighted by Crippen LogP contribution is 2.37. The number of H-pyrrole nitrogens is 1. The molecule has 0 saturated heterocycles. The molecule has 2 aromatic heterocycles. The summed E-state index contributed by atoms with van der Waals surface area (Å²) in [7, 11) is 1.61. The summed E-state index contributed by atoms with van der Waals surface area (Å²) in [5.74, 6) is 0.411. The number of nitrogens with zero attached hydrogens (tertiary/aromatic N) is 1. The number of aromatic nitrogens is 2. The maximum absolute atomic E-state index is 13.4. The number of methoxy groups -OCH3 is 1. The number of amides is 1. The number of aromatic amines is 1. The number of phenolic OH excluding ortho intramolecular Hbond substituents is 1. The zero-order valence-corrected chi connectivity index (χ0v) is 34.0. The number of rotatable bonds is 14. The minimum absolute atomic E-state index is 0.0492. The van der Waals surface area contributed by atoms with Crippen molar-refractivity contribution < 1.29 is 24.5 Å². The van der Waals surface area contributed by atoms with Crippen molar-refractivity contribution in [2.24, 2.45) is 0 Å². The first-order valence-electron chi connectivity index (χ1n) is 19.5. The van der Waals surface area contributed by atoms with E-state index in [2.05, 4.69) is 32.0 Å². The molecule has 8 aromatic rings. The van der Waals surface area contributed by atoms with E-state index in [0.29, 0.717) is 51.3 Å². The molecule has 0 radical (unpaired) electrons. The highest BCUT2D eigenvalue weighted by atomic mass is 32.2. The fourth-order valence-electron chi connectivity index (χ4n) is 7.21. The van der Waals surface area contributed by atoms with Gasteiger partial charge in [0.2, 0.25) is 5.56 Å². The van der Waals surface area contributed by atoms with E-state index in [-0.39, 0.29) is 23.8 Å². The average Bonchev–Trinajstić information content (AvgIpc) is 3.27. The number of pyridine rings is 2. The number of aliphatic hydroxyl groups excluding tert-OH is 1. The number of carbonyl (C=O) groups excluding carboxylic acids is 2. The number of aldehydes is 1. The number of ether oxygens (including phenoxy) is 1. The van der Waals surface area contributed by atoms with Gasteiger partial charge < -0.3 is 35.9 Å². The Morgan fingerprint density at radius 1 is 0.852 bits per heavy atom. The highest BCUT2D eigenvalue weighted by molar-refractivity contribution is 7.99. The maximum atomic E-state index is 13.4. The summed E-state index contributed by atoms with van der Waals surface area (Å²) in [4.78, 5) is 46.3. The number of hydrogen-bond donors (Lipinski definition) is 6. The molecule has 1 unspecified atom stereocenters. The fraction of sp³-hybridized carbons (Fsp3) is 0.102. The topological polar surface area (TPSA) is 166 Å². The van der Waals surface area contributed by atoms with E-state index in [4.69, 9.17) is 4.74 Å². The van der Waals surface area contributed by atoms with Crippen LogP contribution in [0.1, 0.15) is 43.5 Å². The minimum atomic E-state index is -0.851. The van der Waals surface area contributed by atoms with Crippen LogP contribution < -0.4 is 26.2 Å². The van der Waals surface area contributed by atoms with Crippen molar-refractivity contribution in [2.45, 2.75) is 29.4 Å². The van der Waals surface area contributed by atoms with E-state index in [1.807, 2.05) is 104 Å². The summed E-state index contributed by atoms with van der Waals surface area (Å²) < 4.78 is 5.39. The summed E-state index contributed by atoms with van der Waals surface area (Å²) >= 11 is 1.52. The molecule has 6 N–H and O–H groups in total. The van der Waals surface area contributed by atoms with Gasteiger partial charge in [-0.1, -0.05) is 66.4 Å². The standard InChI is InChI=1S/C49H41N5O6S/c1-29-21-39(24-42-46(29)51-26-34(28-55)47(42)52-36-6-4-7-37(23-36)60-2)61-38-8-3-5-33(22-38)49(59)53-35-15-13-32(14-16-35)31-11-9-30(10-12-31)25-50-27-44(57)40-17-19-43(56)48-41(40)18-20-45(58)54-48/h3-24,26,28,44,50,56-57H,25,27H2,1-2H3,(H,51,52)(H,53,59)(H,54,58). The summed E-state index contributed by atoms with van der Waals surface area (Å²) in [6, 6.07) is 40.9. The van der Waals surface area contributed by atoms with Gasteiger partial charge in [0.25, 0.3) is 5.91 Å². The van der Waals surface area contributed by atoms with Gasteiger partial charge in [-0.15, -0.1) is 0 Å². The molecule has 0 aliphatic carbocycles. The van der Waals surface area contributed by atoms with Crippen LogP contribution in [0.15, 0.2) is 154 Å². The fourth-order valence-corrected chi connectivity index (χ4v) is 8.23. The van der Waals surface area contributed by atoms with Gasteiger partial charge in [0.05, 0.1) is 35.5 Å². The molecule has 0 aliphatic heterocycles. The van der Waals surface area contributed by atoms with Crippen LogP contribution in [0.3, 0.4) is 0 Å². The summed E-state index contributed by atoms with van der Waals surface area (Å²) in [6.07, 6.45) is 1.52. The molecule has 0 bridgehead atoms. The molecule has 11 nitrogen and oxygen atoms in total. The smallest absolute Gasteiger partial charge is 0.255 e. The Morgan fingerprint density at radius 3 is 2.39 bits per heavy atom. The van der Waals surface area contributed by atoms with Crippen molar-refractivity contribution in [1.29, 1.82) is 0 Å². The van der Waals surface area contributed by atoms with E-state index >= 15 is 0 Å². The van der Waals surface area contributed by atoms with Gasteiger partial charge in [0.15, 0.2) is 6.29 Å². The number of carbonyl (C=O) groups is 2. The van der Waals surface area contributed by atoms with Crippen LogP contribution in [-0.4, -0.2) is 46.0 Å². The second-order valence-electron chi connectivity index (χ2n) is 14.5. The van der Waals surface area contributed by atoms with Crippen LogP contribution in [-0.2, 0) is 6.54 Å². The van der Waals surface area contributed by atoms with Crippen molar-refractivity contribution in [2.75, 3.05) is 24.3 Å². The zero-order valence-electron chi connectivity index (χ0n) is 33.2. The molecule has 1 atom stereocenters. The Kier molecular flexibility index (Phi) is 11.9. The molecule has 1 amide bonds. The van der Waals surface area contributed by atoms with Gasteiger partial charge in [0, 0.05) is 68.9 Å². The first kappa shape index (κ1) is 40.5. The number of benzene rings is 6. The predicted octanol–water partition coefficient (Wildman–Crippen LogP) is 9.55. The predicted molar refractivity (Wildman–Crippen MR) is 241 cm³/mol. The molecule has 0 saturated carbocycles. The van der Waals surface area contributed by atoms with E-state index in [9.17, 15) is 24.6 Å². The van der Waals surface area contributed by atoms with E-state index < -0.39 is 6.10 Å². The lowest BCUT2D eigenvalue weighted by Gasteiger charge is -2.15. The van der Waals surface area contributed by atoms with Crippen LogP contribution in [0.2, 0.25) is 0 Å². The Labute approximate surface area is 355 Å².